The molecule has 1 amide bonds. The summed E-state index contributed by atoms with van der Waals surface area (Å²) in [6, 6.07) is 0. The van der Waals surface area contributed by atoms with Gasteiger partial charge >= 0.3 is 5.97 Å². The molecule has 0 spiro atoms. The predicted molar refractivity (Wildman–Crippen MR) is 97.7 cm³/mol. The zero-order chi connectivity index (χ0) is 17.9. The van der Waals surface area contributed by atoms with Crippen LogP contribution in [0.3, 0.4) is 0 Å². The maximum Gasteiger partial charge on any atom is 0.341 e. The van der Waals surface area contributed by atoms with E-state index in [1.165, 1.54) is 11.3 Å². The molecule has 0 aliphatic carbocycles. The molecule has 0 saturated heterocycles. The molecule has 0 fully saturated rings. The Morgan fingerprint density at radius 2 is 2.04 bits per heavy atom. The number of likely N-dealkylation sites (N-methyl/N-ethyl adjacent to an activating group) is 1. The fourth-order valence-electron chi connectivity index (χ4n) is 2.86. The number of ether oxygens (including phenoxy) is 1. The Morgan fingerprint density at radius 1 is 1.33 bits per heavy atom. The van der Waals surface area contributed by atoms with Gasteiger partial charge in [-0.1, -0.05) is 13.3 Å². The van der Waals surface area contributed by atoms with Gasteiger partial charge in [-0.2, -0.15) is 0 Å². The van der Waals surface area contributed by atoms with Crippen molar-refractivity contribution in [3.8, 4) is 0 Å². The second-order valence-corrected chi connectivity index (χ2v) is 8.03. The summed E-state index contributed by atoms with van der Waals surface area (Å²) in [5.74, 6) is -0.366. The van der Waals surface area contributed by atoms with Gasteiger partial charge in [0, 0.05) is 23.4 Å². The predicted octanol–water partition coefficient (Wildman–Crippen LogP) is 3.82. The minimum atomic E-state index is -0.332. The minimum absolute atomic E-state index is 0.0290. The van der Waals surface area contributed by atoms with E-state index in [1.54, 1.807) is 6.92 Å². The lowest BCUT2D eigenvalue weighted by Gasteiger charge is -2.39. The van der Waals surface area contributed by atoms with Crippen LogP contribution in [0, 0.1) is 0 Å². The lowest BCUT2D eigenvalue weighted by molar-refractivity contribution is -0.116. The van der Waals surface area contributed by atoms with Gasteiger partial charge in [-0.3, -0.25) is 9.69 Å². The molecule has 1 aromatic rings. The van der Waals surface area contributed by atoms with Gasteiger partial charge in [0.1, 0.15) is 5.00 Å². The zero-order valence-electron chi connectivity index (χ0n) is 15.3. The summed E-state index contributed by atoms with van der Waals surface area (Å²) in [5, 5.41) is 3.59. The molecule has 5 nitrogen and oxygen atoms in total. The SMILES string of the molecule is CCCCC(=O)Nc1sc2c(c1C(=O)OCC)CC(C)(C)N(C)C2. The van der Waals surface area contributed by atoms with Crippen molar-refractivity contribution in [2.45, 2.75) is 65.5 Å². The highest BCUT2D eigenvalue weighted by Gasteiger charge is 2.36. The zero-order valence-corrected chi connectivity index (χ0v) is 16.1. The van der Waals surface area contributed by atoms with E-state index in [-0.39, 0.29) is 17.4 Å². The van der Waals surface area contributed by atoms with E-state index in [0.29, 0.717) is 23.6 Å². The Bertz CT molecular complexity index is 622. The van der Waals surface area contributed by atoms with Gasteiger partial charge in [-0.25, -0.2) is 4.79 Å². The number of anilines is 1. The first-order valence-corrected chi connectivity index (χ1v) is 9.44. The number of esters is 1. The third-order valence-electron chi connectivity index (χ3n) is 4.60. The number of rotatable bonds is 6. The van der Waals surface area contributed by atoms with Crippen molar-refractivity contribution in [1.29, 1.82) is 0 Å². The van der Waals surface area contributed by atoms with Gasteiger partial charge < -0.3 is 10.1 Å². The van der Waals surface area contributed by atoms with Crippen LogP contribution < -0.4 is 5.32 Å². The highest BCUT2D eigenvalue weighted by atomic mass is 32.1. The first kappa shape index (κ1) is 18.9. The van der Waals surface area contributed by atoms with Crippen LogP contribution in [0.1, 0.15) is 67.8 Å². The Balaban J connectivity index is 2.37. The summed E-state index contributed by atoms with van der Waals surface area (Å²) in [6.07, 6.45) is 3.07. The fraction of sp³-hybridized carbons (Fsp3) is 0.667. The molecule has 2 rings (SSSR count). The molecule has 24 heavy (non-hydrogen) atoms. The van der Waals surface area contributed by atoms with Crippen molar-refractivity contribution in [3.05, 3.63) is 16.0 Å². The molecule has 6 heteroatoms. The molecule has 0 bridgehead atoms. The maximum absolute atomic E-state index is 12.5. The quantitative estimate of drug-likeness (QED) is 0.791. The van der Waals surface area contributed by atoms with E-state index in [9.17, 15) is 9.59 Å². The molecule has 2 heterocycles. The van der Waals surface area contributed by atoms with Gasteiger partial charge in [0.2, 0.25) is 5.91 Å². The van der Waals surface area contributed by atoms with Crippen LogP contribution in [0.5, 0.6) is 0 Å². The molecule has 1 N–H and O–H groups in total. The molecule has 134 valence electrons. The highest BCUT2D eigenvalue weighted by molar-refractivity contribution is 7.17. The van der Waals surface area contributed by atoms with Crippen LogP contribution >= 0.6 is 11.3 Å². The van der Waals surface area contributed by atoms with Crippen LogP contribution in [-0.2, 0) is 22.5 Å². The molecule has 0 unspecified atom stereocenters. The molecular formula is C18H28N2O3S. The average Bonchev–Trinajstić information content (AvgIpc) is 2.82. The van der Waals surface area contributed by atoms with Crippen molar-refractivity contribution in [1.82, 2.24) is 4.90 Å². The van der Waals surface area contributed by atoms with Gasteiger partial charge in [0.25, 0.3) is 0 Å². The number of fused-ring (bicyclic) bond motifs is 1. The molecule has 0 radical (unpaired) electrons. The van der Waals surface area contributed by atoms with Crippen LogP contribution in [0.2, 0.25) is 0 Å². The van der Waals surface area contributed by atoms with Crippen molar-refractivity contribution in [2.24, 2.45) is 0 Å². The summed E-state index contributed by atoms with van der Waals surface area (Å²) in [5.41, 5.74) is 1.56. The lowest BCUT2D eigenvalue weighted by atomic mass is 9.87. The monoisotopic (exact) mass is 352 g/mol. The Kier molecular flexibility index (Phi) is 6.04. The van der Waals surface area contributed by atoms with Gasteiger partial charge in [-0.05, 0) is 46.2 Å². The van der Waals surface area contributed by atoms with E-state index in [0.717, 1.165) is 36.2 Å². The molecule has 1 aromatic heterocycles. The Hall–Kier alpha value is -1.40. The summed E-state index contributed by atoms with van der Waals surface area (Å²) < 4.78 is 5.25. The van der Waals surface area contributed by atoms with Gasteiger partial charge in [-0.15, -0.1) is 11.3 Å². The number of nitrogens with zero attached hydrogens (tertiary/aromatic N) is 1. The second kappa shape index (κ2) is 7.66. The first-order chi connectivity index (χ1) is 11.3. The number of carbonyl (C=O) groups excluding carboxylic acids is 2. The summed E-state index contributed by atoms with van der Waals surface area (Å²) >= 11 is 1.51. The Labute approximate surface area is 148 Å². The lowest BCUT2D eigenvalue weighted by Crippen LogP contribution is -2.45. The van der Waals surface area contributed by atoms with Crippen molar-refractivity contribution in [3.63, 3.8) is 0 Å². The summed E-state index contributed by atoms with van der Waals surface area (Å²) in [4.78, 5) is 28.1. The number of thiophene rings is 1. The topological polar surface area (TPSA) is 58.6 Å². The number of unbranched alkanes of at least 4 members (excludes halogenated alkanes) is 1. The molecule has 0 atom stereocenters. The summed E-state index contributed by atoms with van der Waals surface area (Å²) in [6.45, 7) is 9.30. The highest BCUT2D eigenvalue weighted by Crippen LogP contribution is 2.41. The van der Waals surface area contributed by atoms with E-state index < -0.39 is 0 Å². The third-order valence-corrected chi connectivity index (χ3v) is 5.74. The fourth-order valence-corrected chi connectivity index (χ4v) is 4.13. The Morgan fingerprint density at radius 3 is 2.67 bits per heavy atom. The number of amides is 1. The largest absolute Gasteiger partial charge is 0.462 e. The van der Waals surface area contributed by atoms with E-state index in [2.05, 4.69) is 38.0 Å². The summed E-state index contributed by atoms with van der Waals surface area (Å²) in [7, 11) is 2.09. The van der Waals surface area contributed by atoms with Crippen molar-refractivity contribution < 1.29 is 14.3 Å². The van der Waals surface area contributed by atoms with E-state index >= 15 is 0 Å². The van der Waals surface area contributed by atoms with Crippen molar-refractivity contribution in [2.75, 3.05) is 19.0 Å². The van der Waals surface area contributed by atoms with E-state index in [4.69, 9.17) is 4.74 Å². The molecular weight excluding hydrogens is 324 g/mol. The van der Waals surface area contributed by atoms with Gasteiger partial charge in [0.05, 0.1) is 12.2 Å². The normalized spacial score (nSPS) is 16.5. The molecule has 0 aromatic carbocycles. The number of hydrogen-bond donors (Lipinski definition) is 1. The smallest absolute Gasteiger partial charge is 0.341 e. The average molecular weight is 353 g/mol. The van der Waals surface area contributed by atoms with Crippen LogP contribution in [0.25, 0.3) is 0 Å². The molecule has 1 aliphatic rings. The standard InChI is InChI=1S/C18H28N2O3S/c1-6-8-9-14(21)19-16-15(17(22)23-7-2)12-10-18(3,4)20(5)11-13(12)24-16/h6-11H2,1-5H3,(H,19,21). The van der Waals surface area contributed by atoms with Crippen molar-refractivity contribution >= 4 is 28.2 Å². The van der Waals surface area contributed by atoms with E-state index in [1.807, 2.05) is 0 Å². The van der Waals surface area contributed by atoms with Crippen LogP contribution in [-0.4, -0.2) is 36.0 Å². The molecule has 0 saturated carbocycles. The third kappa shape index (κ3) is 3.98. The van der Waals surface area contributed by atoms with Gasteiger partial charge in [0.15, 0.2) is 0 Å². The molecule has 1 aliphatic heterocycles. The number of nitrogens with one attached hydrogen (secondary N) is 1. The maximum atomic E-state index is 12.5. The second-order valence-electron chi connectivity index (χ2n) is 6.93. The first-order valence-electron chi connectivity index (χ1n) is 8.62. The number of hydrogen-bond acceptors (Lipinski definition) is 5. The minimum Gasteiger partial charge on any atom is -0.462 e. The van der Waals surface area contributed by atoms with Crippen LogP contribution in [0.4, 0.5) is 5.00 Å². The number of carbonyl (C=O) groups is 2. The van der Waals surface area contributed by atoms with Crippen LogP contribution in [0.15, 0.2) is 0 Å².